The normalized spacial score (nSPS) is 17.1. The lowest BCUT2D eigenvalue weighted by molar-refractivity contribution is -0.386. The maximum atomic E-state index is 11.8. The van der Waals surface area contributed by atoms with Gasteiger partial charge in [-0.2, -0.15) is 0 Å². The lowest BCUT2D eigenvalue weighted by Crippen LogP contribution is -2.08. The minimum absolute atomic E-state index is 0.000188. The molecule has 1 aromatic carbocycles. The van der Waals surface area contributed by atoms with Gasteiger partial charge in [-0.1, -0.05) is 12.8 Å². The summed E-state index contributed by atoms with van der Waals surface area (Å²) in [5, 5.41) is 11.5. The van der Waals surface area contributed by atoms with Crippen LogP contribution in [0, 0.1) is 16.0 Å². The van der Waals surface area contributed by atoms with E-state index in [1.807, 2.05) is 0 Å². The third-order valence-electron chi connectivity index (χ3n) is 4.09. The monoisotopic (exact) mass is 305 g/mol. The molecule has 6 nitrogen and oxygen atoms in total. The number of esters is 1. The van der Waals surface area contributed by atoms with Crippen molar-refractivity contribution in [2.45, 2.75) is 44.6 Å². The Morgan fingerprint density at radius 2 is 2.05 bits per heavy atom. The molecule has 1 aromatic rings. The van der Waals surface area contributed by atoms with E-state index >= 15 is 0 Å². The summed E-state index contributed by atoms with van der Waals surface area (Å²) < 4.78 is 10.4. The van der Waals surface area contributed by atoms with Crippen molar-refractivity contribution in [2.24, 2.45) is 5.92 Å². The summed E-state index contributed by atoms with van der Waals surface area (Å²) in [5.74, 6) is 0.360. The van der Waals surface area contributed by atoms with Gasteiger partial charge in [0.25, 0.3) is 0 Å². The molecule has 2 saturated carbocycles. The Hall–Kier alpha value is -2.11. The number of hydrogen-bond acceptors (Lipinski definition) is 5. The predicted molar refractivity (Wildman–Crippen MR) is 79.1 cm³/mol. The second-order valence-electron chi connectivity index (χ2n) is 6.03. The first-order chi connectivity index (χ1) is 10.6. The van der Waals surface area contributed by atoms with Crippen molar-refractivity contribution < 1.29 is 19.2 Å². The van der Waals surface area contributed by atoms with E-state index in [9.17, 15) is 14.9 Å². The number of nitro groups is 1. The van der Waals surface area contributed by atoms with Crippen LogP contribution in [-0.4, -0.2) is 24.1 Å². The first kappa shape index (κ1) is 14.8. The first-order valence-corrected chi connectivity index (χ1v) is 7.64. The lowest BCUT2D eigenvalue weighted by atomic mass is 10.0. The highest BCUT2D eigenvalue weighted by Crippen LogP contribution is 2.40. The van der Waals surface area contributed by atoms with Crippen LogP contribution < -0.4 is 4.74 Å². The molecular weight excluding hydrogens is 286 g/mol. The van der Waals surface area contributed by atoms with Gasteiger partial charge in [0.05, 0.1) is 23.7 Å². The predicted octanol–water partition coefficient (Wildman–Crippen LogP) is 3.27. The van der Waals surface area contributed by atoms with Gasteiger partial charge in [-0.3, -0.25) is 10.1 Å². The lowest BCUT2D eigenvalue weighted by Gasteiger charge is -2.11. The summed E-state index contributed by atoms with van der Waals surface area (Å²) in [6.45, 7) is 0. The molecule has 0 spiro atoms. The Bertz CT molecular complexity index is 605. The highest BCUT2D eigenvalue weighted by molar-refractivity contribution is 5.91. The third kappa shape index (κ3) is 3.37. The number of carbonyl (C=O) groups excluding carboxylic acids is 1. The number of ether oxygens (including phenoxy) is 2. The molecule has 0 unspecified atom stereocenters. The Labute approximate surface area is 128 Å². The van der Waals surface area contributed by atoms with Crippen molar-refractivity contribution in [3.8, 4) is 5.75 Å². The van der Waals surface area contributed by atoms with Crippen LogP contribution in [0.1, 0.15) is 48.0 Å². The Morgan fingerprint density at radius 1 is 1.32 bits per heavy atom. The number of hydrogen-bond donors (Lipinski definition) is 0. The molecule has 6 heteroatoms. The van der Waals surface area contributed by atoms with Gasteiger partial charge in [0, 0.05) is 11.6 Å². The molecule has 3 rings (SSSR count). The average molecular weight is 305 g/mol. The maximum Gasteiger partial charge on any atom is 0.338 e. The summed E-state index contributed by atoms with van der Waals surface area (Å²) >= 11 is 0. The number of rotatable bonds is 7. The average Bonchev–Trinajstić information content (AvgIpc) is 3.37. The van der Waals surface area contributed by atoms with Crippen LogP contribution >= 0.6 is 0 Å². The number of nitrogens with zero attached hydrogens (tertiary/aromatic N) is 1. The number of benzene rings is 1. The van der Waals surface area contributed by atoms with Crippen molar-refractivity contribution in [3.05, 3.63) is 33.4 Å². The molecule has 2 fully saturated rings. The quantitative estimate of drug-likeness (QED) is 0.439. The first-order valence-electron chi connectivity index (χ1n) is 7.64. The topological polar surface area (TPSA) is 78.7 Å². The molecule has 0 aliphatic heterocycles. The van der Waals surface area contributed by atoms with Crippen LogP contribution in [0.4, 0.5) is 5.69 Å². The highest BCUT2D eigenvalue weighted by Gasteiger charge is 2.31. The van der Waals surface area contributed by atoms with Gasteiger partial charge in [0.2, 0.25) is 0 Å². The molecule has 0 aromatic heterocycles. The number of methoxy groups -OCH3 is 1. The van der Waals surface area contributed by atoms with Crippen LogP contribution in [0.25, 0.3) is 0 Å². The molecular formula is C16H19NO5. The van der Waals surface area contributed by atoms with Crippen molar-refractivity contribution >= 4 is 11.7 Å². The Balaban J connectivity index is 1.96. The van der Waals surface area contributed by atoms with Crippen LogP contribution in [0.2, 0.25) is 0 Å². The van der Waals surface area contributed by atoms with Gasteiger partial charge in [0.1, 0.15) is 0 Å². The fourth-order valence-corrected chi connectivity index (χ4v) is 2.52. The Morgan fingerprint density at radius 3 is 2.59 bits per heavy atom. The van der Waals surface area contributed by atoms with Crippen LogP contribution in [0.15, 0.2) is 12.1 Å². The summed E-state index contributed by atoms with van der Waals surface area (Å²) in [5.41, 5.74) is 0.880. The minimum Gasteiger partial charge on any atom is -0.483 e. The fourth-order valence-electron chi connectivity index (χ4n) is 2.52. The molecule has 2 aliphatic carbocycles. The van der Waals surface area contributed by atoms with E-state index < -0.39 is 10.9 Å². The molecule has 118 valence electrons. The summed E-state index contributed by atoms with van der Waals surface area (Å²) in [7, 11) is 1.30. The smallest absolute Gasteiger partial charge is 0.338 e. The summed E-state index contributed by atoms with van der Waals surface area (Å²) in [6, 6.07) is 3.01. The fraction of sp³-hybridized carbons (Fsp3) is 0.562. The van der Waals surface area contributed by atoms with Crippen molar-refractivity contribution in [2.75, 3.05) is 7.11 Å². The molecule has 0 radical (unpaired) electrons. The number of aryl methyl sites for hydroxylation is 1. The van der Waals surface area contributed by atoms with E-state index in [1.165, 1.54) is 26.0 Å². The zero-order chi connectivity index (χ0) is 15.7. The van der Waals surface area contributed by atoms with E-state index in [4.69, 9.17) is 9.47 Å². The second-order valence-corrected chi connectivity index (χ2v) is 6.03. The molecule has 22 heavy (non-hydrogen) atoms. The summed E-state index contributed by atoms with van der Waals surface area (Å²) in [6.07, 6.45) is 5.71. The zero-order valence-corrected chi connectivity index (χ0v) is 12.5. The second kappa shape index (κ2) is 5.94. The van der Waals surface area contributed by atoms with Crippen LogP contribution in [0.5, 0.6) is 5.75 Å². The van der Waals surface area contributed by atoms with E-state index in [-0.39, 0.29) is 17.5 Å². The van der Waals surface area contributed by atoms with Gasteiger partial charge in [-0.25, -0.2) is 4.79 Å². The van der Waals surface area contributed by atoms with Crippen molar-refractivity contribution in [3.63, 3.8) is 0 Å². The molecule has 0 bridgehead atoms. The number of nitro benzene ring substituents is 1. The van der Waals surface area contributed by atoms with Crippen molar-refractivity contribution in [1.29, 1.82) is 0 Å². The van der Waals surface area contributed by atoms with E-state index in [0.29, 0.717) is 23.5 Å². The molecule has 0 amide bonds. The largest absolute Gasteiger partial charge is 0.483 e. The SMILES string of the molecule is COC(=O)c1cc(CCC2CC2)c([N+](=O)[O-])c(OC2CC2)c1. The zero-order valence-electron chi connectivity index (χ0n) is 12.5. The van der Waals surface area contributed by atoms with Gasteiger partial charge in [0.15, 0.2) is 5.75 Å². The maximum absolute atomic E-state index is 11.8. The van der Waals surface area contributed by atoms with Gasteiger partial charge in [-0.15, -0.1) is 0 Å². The highest BCUT2D eigenvalue weighted by atomic mass is 16.6. The summed E-state index contributed by atoms with van der Waals surface area (Å²) in [4.78, 5) is 22.9. The minimum atomic E-state index is -0.497. The Kier molecular flexibility index (Phi) is 4.00. The number of carbonyl (C=O) groups is 1. The standard InChI is InChI=1S/C16H19NO5/c1-21-16(18)12-8-11(5-4-10-2-3-10)15(17(19)20)14(9-12)22-13-6-7-13/h8-10,13H,2-7H2,1H3. The van der Waals surface area contributed by atoms with Gasteiger partial charge >= 0.3 is 11.7 Å². The molecule has 0 saturated heterocycles. The third-order valence-corrected chi connectivity index (χ3v) is 4.09. The molecule has 2 aliphatic rings. The molecule has 0 N–H and O–H groups in total. The van der Waals surface area contributed by atoms with E-state index in [2.05, 4.69) is 0 Å². The molecule has 0 heterocycles. The molecule has 0 atom stereocenters. The van der Waals surface area contributed by atoms with Crippen molar-refractivity contribution in [1.82, 2.24) is 0 Å². The van der Waals surface area contributed by atoms with Crippen LogP contribution in [0.3, 0.4) is 0 Å². The van der Waals surface area contributed by atoms with E-state index in [1.54, 1.807) is 6.07 Å². The van der Waals surface area contributed by atoms with E-state index in [0.717, 1.165) is 19.3 Å². The van der Waals surface area contributed by atoms with Gasteiger partial charge < -0.3 is 9.47 Å². The van der Waals surface area contributed by atoms with Gasteiger partial charge in [-0.05, 0) is 37.7 Å². The van der Waals surface area contributed by atoms with Crippen LogP contribution in [-0.2, 0) is 11.2 Å².